The number of rotatable bonds is 4. The van der Waals surface area contributed by atoms with Gasteiger partial charge in [-0.2, -0.15) is 0 Å². The Bertz CT molecular complexity index is 577. The number of fused-ring (bicyclic) bond motifs is 1. The standard InChI is InChI=1S/C18H24O4/c1-4-21-17(19)18(2)16-14(10-11-22-18)13(12-6-5-7-12)8-9-15(16)20-3/h8-9,12H,4-7,10-11H2,1-3H3/t18-/m0/s1. The molecule has 1 aromatic rings. The monoisotopic (exact) mass is 304 g/mol. The first-order chi connectivity index (χ1) is 10.6. The van der Waals surface area contributed by atoms with Gasteiger partial charge in [0.2, 0.25) is 0 Å². The van der Waals surface area contributed by atoms with Crippen LogP contribution >= 0.6 is 0 Å². The number of methoxy groups -OCH3 is 1. The lowest BCUT2D eigenvalue weighted by Crippen LogP contribution is -2.42. The summed E-state index contributed by atoms with van der Waals surface area (Å²) in [6.07, 6.45) is 4.58. The van der Waals surface area contributed by atoms with Crippen molar-refractivity contribution in [1.29, 1.82) is 0 Å². The molecule has 0 bridgehead atoms. The Morgan fingerprint density at radius 3 is 2.77 bits per heavy atom. The highest BCUT2D eigenvalue weighted by molar-refractivity contribution is 5.83. The molecule has 1 aliphatic heterocycles. The van der Waals surface area contributed by atoms with Crippen LogP contribution in [0.1, 0.15) is 55.7 Å². The van der Waals surface area contributed by atoms with Gasteiger partial charge in [0, 0.05) is 5.56 Å². The van der Waals surface area contributed by atoms with Gasteiger partial charge in [0.25, 0.3) is 0 Å². The highest BCUT2D eigenvalue weighted by atomic mass is 16.6. The van der Waals surface area contributed by atoms with Gasteiger partial charge in [0.15, 0.2) is 5.60 Å². The van der Waals surface area contributed by atoms with Crippen molar-refractivity contribution in [3.05, 3.63) is 28.8 Å². The minimum atomic E-state index is -1.07. The fraction of sp³-hybridized carbons (Fsp3) is 0.611. The predicted octanol–water partition coefficient (Wildman–Crippen LogP) is 3.31. The first-order valence-electron chi connectivity index (χ1n) is 8.13. The third-order valence-electron chi connectivity index (χ3n) is 4.96. The van der Waals surface area contributed by atoms with Crippen LogP contribution < -0.4 is 4.74 Å². The van der Waals surface area contributed by atoms with Crippen molar-refractivity contribution in [3.63, 3.8) is 0 Å². The smallest absolute Gasteiger partial charge is 0.342 e. The van der Waals surface area contributed by atoms with Gasteiger partial charge in [-0.25, -0.2) is 4.79 Å². The lowest BCUT2D eigenvalue weighted by Gasteiger charge is -2.38. The Labute approximate surface area is 131 Å². The van der Waals surface area contributed by atoms with Crippen LogP contribution in [-0.4, -0.2) is 26.3 Å². The van der Waals surface area contributed by atoms with Gasteiger partial charge in [0.05, 0.1) is 20.3 Å². The molecule has 1 heterocycles. The maximum absolute atomic E-state index is 12.5. The number of hydrogen-bond donors (Lipinski definition) is 0. The van der Waals surface area contributed by atoms with Crippen LogP contribution in [0.25, 0.3) is 0 Å². The molecule has 0 amide bonds. The van der Waals surface area contributed by atoms with E-state index in [0.717, 1.165) is 12.0 Å². The Morgan fingerprint density at radius 2 is 2.18 bits per heavy atom. The summed E-state index contributed by atoms with van der Waals surface area (Å²) in [5, 5.41) is 0. The average molecular weight is 304 g/mol. The van der Waals surface area contributed by atoms with E-state index >= 15 is 0 Å². The second-order valence-electron chi connectivity index (χ2n) is 6.19. The lowest BCUT2D eigenvalue weighted by atomic mass is 9.74. The van der Waals surface area contributed by atoms with Crippen LogP contribution in [0.4, 0.5) is 0 Å². The van der Waals surface area contributed by atoms with E-state index in [1.54, 1.807) is 14.0 Å². The number of carbonyl (C=O) groups is 1. The molecule has 22 heavy (non-hydrogen) atoms. The lowest BCUT2D eigenvalue weighted by molar-refractivity contribution is -0.173. The molecule has 0 saturated heterocycles. The SMILES string of the molecule is CCOC(=O)[C@@]1(C)OCCc2c(C3CCC3)ccc(OC)c21. The molecule has 0 aromatic heterocycles. The van der Waals surface area contributed by atoms with E-state index in [0.29, 0.717) is 24.9 Å². The minimum Gasteiger partial charge on any atom is -0.496 e. The zero-order valence-corrected chi connectivity index (χ0v) is 13.6. The van der Waals surface area contributed by atoms with Crippen LogP contribution in [0.15, 0.2) is 12.1 Å². The Hall–Kier alpha value is -1.55. The largest absolute Gasteiger partial charge is 0.496 e. The Morgan fingerprint density at radius 1 is 1.41 bits per heavy atom. The van der Waals surface area contributed by atoms with E-state index in [1.807, 2.05) is 13.0 Å². The third kappa shape index (κ3) is 2.30. The second-order valence-corrected chi connectivity index (χ2v) is 6.19. The average Bonchev–Trinajstić information content (AvgIpc) is 2.46. The van der Waals surface area contributed by atoms with E-state index in [4.69, 9.17) is 14.2 Å². The highest BCUT2D eigenvalue weighted by Gasteiger charge is 2.45. The number of hydrogen-bond acceptors (Lipinski definition) is 4. The number of carbonyl (C=O) groups excluding carboxylic acids is 1. The van der Waals surface area contributed by atoms with E-state index in [1.165, 1.54) is 30.4 Å². The molecule has 0 N–H and O–H groups in total. The maximum atomic E-state index is 12.5. The summed E-state index contributed by atoms with van der Waals surface area (Å²) in [5.74, 6) is 0.998. The zero-order chi connectivity index (χ0) is 15.7. The third-order valence-corrected chi connectivity index (χ3v) is 4.96. The van der Waals surface area contributed by atoms with Gasteiger partial charge in [-0.15, -0.1) is 0 Å². The van der Waals surface area contributed by atoms with Gasteiger partial charge in [-0.3, -0.25) is 0 Å². The van der Waals surface area contributed by atoms with Crippen molar-refractivity contribution in [3.8, 4) is 5.75 Å². The molecule has 1 aliphatic carbocycles. The molecule has 0 unspecified atom stereocenters. The van der Waals surface area contributed by atoms with Crippen LogP contribution in [0.2, 0.25) is 0 Å². The van der Waals surface area contributed by atoms with E-state index in [-0.39, 0.29) is 5.97 Å². The summed E-state index contributed by atoms with van der Waals surface area (Å²) in [6, 6.07) is 4.14. The summed E-state index contributed by atoms with van der Waals surface area (Å²) in [4.78, 5) is 12.5. The summed E-state index contributed by atoms with van der Waals surface area (Å²) >= 11 is 0. The molecule has 1 saturated carbocycles. The van der Waals surface area contributed by atoms with Gasteiger partial charge in [-0.1, -0.05) is 12.5 Å². The predicted molar refractivity (Wildman–Crippen MR) is 83.2 cm³/mol. The van der Waals surface area contributed by atoms with Crippen LogP contribution in [0.5, 0.6) is 5.75 Å². The molecule has 2 aliphatic rings. The summed E-state index contributed by atoms with van der Waals surface area (Å²) in [5.41, 5.74) is 2.38. The first-order valence-corrected chi connectivity index (χ1v) is 8.13. The quantitative estimate of drug-likeness (QED) is 0.801. The summed E-state index contributed by atoms with van der Waals surface area (Å²) in [7, 11) is 1.64. The number of benzene rings is 1. The Balaban J connectivity index is 2.12. The minimum absolute atomic E-state index is 0.333. The molecule has 4 heteroatoms. The number of esters is 1. The second kappa shape index (κ2) is 5.92. The molecule has 120 valence electrons. The van der Waals surface area contributed by atoms with Crippen LogP contribution in [0, 0.1) is 0 Å². The van der Waals surface area contributed by atoms with Gasteiger partial charge >= 0.3 is 5.97 Å². The number of ether oxygens (including phenoxy) is 3. The van der Waals surface area contributed by atoms with Crippen molar-refractivity contribution in [2.45, 2.75) is 51.0 Å². The topological polar surface area (TPSA) is 44.8 Å². The van der Waals surface area contributed by atoms with Gasteiger partial charge < -0.3 is 14.2 Å². The van der Waals surface area contributed by atoms with Crippen molar-refractivity contribution in [1.82, 2.24) is 0 Å². The normalized spacial score (nSPS) is 24.3. The highest BCUT2D eigenvalue weighted by Crippen LogP contribution is 2.46. The van der Waals surface area contributed by atoms with E-state index in [2.05, 4.69) is 6.07 Å². The molecule has 0 radical (unpaired) electrons. The summed E-state index contributed by atoms with van der Waals surface area (Å²) < 4.78 is 16.7. The van der Waals surface area contributed by atoms with Crippen LogP contribution in [0.3, 0.4) is 0 Å². The molecule has 1 fully saturated rings. The molecule has 1 atom stereocenters. The fourth-order valence-corrected chi connectivity index (χ4v) is 3.57. The van der Waals surface area contributed by atoms with Crippen LogP contribution in [-0.2, 0) is 26.3 Å². The van der Waals surface area contributed by atoms with E-state index in [9.17, 15) is 4.79 Å². The molecular formula is C18H24O4. The van der Waals surface area contributed by atoms with Crippen molar-refractivity contribution < 1.29 is 19.0 Å². The fourth-order valence-electron chi connectivity index (χ4n) is 3.57. The zero-order valence-electron chi connectivity index (χ0n) is 13.6. The molecule has 1 aromatic carbocycles. The van der Waals surface area contributed by atoms with Crippen molar-refractivity contribution in [2.75, 3.05) is 20.3 Å². The van der Waals surface area contributed by atoms with E-state index < -0.39 is 5.60 Å². The molecular weight excluding hydrogens is 280 g/mol. The van der Waals surface area contributed by atoms with Crippen molar-refractivity contribution in [2.24, 2.45) is 0 Å². The maximum Gasteiger partial charge on any atom is 0.342 e. The summed E-state index contributed by atoms with van der Waals surface area (Å²) in [6.45, 7) is 4.50. The Kier molecular flexibility index (Phi) is 4.13. The van der Waals surface area contributed by atoms with Gasteiger partial charge in [-0.05, 0) is 56.2 Å². The molecule has 0 spiro atoms. The van der Waals surface area contributed by atoms with Gasteiger partial charge in [0.1, 0.15) is 5.75 Å². The molecule has 3 rings (SSSR count). The molecule has 4 nitrogen and oxygen atoms in total. The van der Waals surface area contributed by atoms with Crippen molar-refractivity contribution >= 4 is 5.97 Å². The first kappa shape index (κ1) is 15.3.